The van der Waals surface area contributed by atoms with E-state index in [1.165, 1.54) is 0 Å². The van der Waals surface area contributed by atoms with Gasteiger partial charge >= 0.3 is 12.1 Å². The first-order valence-electron chi connectivity index (χ1n) is 8.97. The third-order valence-electron chi connectivity index (χ3n) is 3.32. The molecule has 0 aromatic heterocycles. The largest absolute Gasteiger partial charge is 0.481 e. The van der Waals surface area contributed by atoms with Crippen molar-refractivity contribution >= 4 is 23.9 Å². The van der Waals surface area contributed by atoms with E-state index in [4.69, 9.17) is 28.8 Å². The van der Waals surface area contributed by atoms with E-state index in [1.807, 2.05) is 0 Å². The number of imide groups is 1. The zero-order valence-electron chi connectivity index (χ0n) is 16.0. The van der Waals surface area contributed by atoms with Gasteiger partial charge in [-0.2, -0.15) is 0 Å². The van der Waals surface area contributed by atoms with Gasteiger partial charge in [0.1, 0.15) is 0 Å². The molecule has 29 heavy (non-hydrogen) atoms. The number of alkyl carbamates (subject to hydrolysis) is 1. The smallest absolute Gasteiger partial charge is 0.408 e. The standard InChI is InChI=1S/C17H26N2O10/c20-14-1-2-15(21)19(14)13-29-17(24)18-4-6-26-8-10-28-12-11-27-9-7-25-5-3-16(22)23/h1-2H,3-13H2,(H,18,24)(H,22,23). The third kappa shape index (κ3) is 12.5. The lowest BCUT2D eigenvalue weighted by atomic mass is 10.5. The van der Waals surface area contributed by atoms with Gasteiger partial charge < -0.3 is 34.1 Å². The zero-order valence-corrected chi connectivity index (χ0v) is 16.0. The average molecular weight is 418 g/mol. The van der Waals surface area contributed by atoms with Crippen LogP contribution in [0, 0.1) is 0 Å². The number of nitrogens with zero attached hydrogens (tertiary/aromatic N) is 1. The third-order valence-corrected chi connectivity index (χ3v) is 3.32. The highest BCUT2D eigenvalue weighted by atomic mass is 16.6. The van der Waals surface area contributed by atoms with Gasteiger partial charge in [-0.3, -0.25) is 14.4 Å². The molecule has 12 heteroatoms. The summed E-state index contributed by atoms with van der Waals surface area (Å²) in [6.45, 7) is 2.29. The number of amides is 3. The van der Waals surface area contributed by atoms with Gasteiger partial charge in [-0.05, 0) is 0 Å². The lowest BCUT2D eigenvalue weighted by Gasteiger charge is -2.14. The molecule has 0 bridgehead atoms. The molecule has 1 rings (SSSR count). The van der Waals surface area contributed by atoms with Crippen molar-refractivity contribution in [1.29, 1.82) is 0 Å². The normalized spacial score (nSPS) is 13.2. The highest BCUT2D eigenvalue weighted by molar-refractivity contribution is 6.12. The molecule has 12 nitrogen and oxygen atoms in total. The van der Waals surface area contributed by atoms with Crippen molar-refractivity contribution in [2.24, 2.45) is 0 Å². The van der Waals surface area contributed by atoms with Crippen molar-refractivity contribution in [3.05, 3.63) is 12.2 Å². The molecule has 0 unspecified atom stereocenters. The topological polar surface area (TPSA) is 150 Å². The van der Waals surface area contributed by atoms with E-state index >= 15 is 0 Å². The summed E-state index contributed by atoms with van der Waals surface area (Å²) in [7, 11) is 0. The summed E-state index contributed by atoms with van der Waals surface area (Å²) in [5.41, 5.74) is 0. The Balaban J connectivity index is 1.79. The minimum atomic E-state index is -0.900. The van der Waals surface area contributed by atoms with Gasteiger partial charge in [0.05, 0.1) is 59.3 Å². The first kappa shape index (κ1) is 24.5. The predicted octanol–water partition coefficient (Wildman–Crippen LogP) is -0.864. The van der Waals surface area contributed by atoms with Crippen molar-refractivity contribution in [3.8, 4) is 0 Å². The maximum Gasteiger partial charge on any atom is 0.408 e. The van der Waals surface area contributed by atoms with Gasteiger partial charge in [-0.1, -0.05) is 0 Å². The molecule has 2 N–H and O–H groups in total. The van der Waals surface area contributed by atoms with Crippen LogP contribution in [0.2, 0.25) is 0 Å². The molecule has 0 aromatic carbocycles. The number of nitrogens with one attached hydrogen (secondary N) is 1. The second kappa shape index (κ2) is 15.4. The molecule has 1 aliphatic rings. The number of hydrogen-bond donors (Lipinski definition) is 2. The molecular weight excluding hydrogens is 392 g/mol. The Morgan fingerprint density at radius 3 is 1.83 bits per heavy atom. The fourth-order valence-electron chi connectivity index (χ4n) is 1.88. The van der Waals surface area contributed by atoms with E-state index in [-0.39, 0.29) is 26.2 Å². The Morgan fingerprint density at radius 2 is 1.31 bits per heavy atom. The molecule has 1 heterocycles. The maximum absolute atomic E-state index is 11.4. The van der Waals surface area contributed by atoms with E-state index in [9.17, 15) is 19.2 Å². The first-order chi connectivity index (χ1) is 14.0. The summed E-state index contributed by atoms with van der Waals surface area (Å²) in [6.07, 6.45) is 1.41. The zero-order chi connectivity index (χ0) is 21.3. The quantitative estimate of drug-likeness (QED) is 0.225. The molecule has 0 aliphatic carbocycles. The van der Waals surface area contributed by atoms with Crippen LogP contribution in [0.3, 0.4) is 0 Å². The van der Waals surface area contributed by atoms with Crippen molar-refractivity contribution in [1.82, 2.24) is 10.2 Å². The summed E-state index contributed by atoms with van der Waals surface area (Å²) < 4.78 is 25.6. The first-order valence-corrected chi connectivity index (χ1v) is 8.97. The van der Waals surface area contributed by atoms with E-state index < -0.39 is 30.6 Å². The molecular formula is C17H26N2O10. The van der Waals surface area contributed by atoms with Crippen LogP contribution < -0.4 is 5.32 Å². The number of ether oxygens (including phenoxy) is 5. The van der Waals surface area contributed by atoms with Crippen molar-refractivity contribution in [2.45, 2.75) is 6.42 Å². The molecule has 164 valence electrons. The van der Waals surface area contributed by atoms with Crippen LogP contribution >= 0.6 is 0 Å². The second-order valence-electron chi connectivity index (χ2n) is 5.52. The Bertz CT molecular complexity index is 548. The highest BCUT2D eigenvalue weighted by Crippen LogP contribution is 2.02. The second-order valence-corrected chi connectivity index (χ2v) is 5.52. The van der Waals surface area contributed by atoms with Gasteiger partial charge in [0, 0.05) is 18.7 Å². The van der Waals surface area contributed by atoms with Gasteiger partial charge in [-0.25, -0.2) is 9.69 Å². The van der Waals surface area contributed by atoms with E-state index in [2.05, 4.69) is 5.32 Å². The van der Waals surface area contributed by atoms with Crippen LogP contribution in [0.25, 0.3) is 0 Å². The van der Waals surface area contributed by atoms with Gasteiger partial charge in [0.25, 0.3) is 11.8 Å². The molecule has 3 amide bonds. The summed E-state index contributed by atoms with van der Waals surface area (Å²) in [5, 5.41) is 10.8. The van der Waals surface area contributed by atoms with Crippen LogP contribution in [0.1, 0.15) is 6.42 Å². The molecule has 0 aromatic rings. The molecule has 0 spiro atoms. The number of aliphatic carboxylic acids is 1. The van der Waals surface area contributed by atoms with Crippen molar-refractivity contribution in [2.75, 3.05) is 66.1 Å². The minimum absolute atomic E-state index is 0.0296. The molecule has 0 fully saturated rings. The van der Waals surface area contributed by atoms with Crippen molar-refractivity contribution < 1.29 is 48.0 Å². The van der Waals surface area contributed by atoms with Gasteiger partial charge in [0.2, 0.25) is 0 Å². The monoisotopic (exact) mass is 418 g/mol. The number of carboxylic acids is 1. The Labute approximate surface area is 167 Å². The Hall–Kier alpha value is -2.54. The average Bonchev–Trinajstić information content (AvgIpc) is 3.00. The highest BCUT2D eigenvalue weighted by Gasteiger charge is 2.24. The number of carbonyl (C=O) groups is 4. The number of carboxylic acid groups (broad SMARTS) is 1. The van der Waals surface area contributed by atoms with Crippen molar-refractivity contribution in [3.63, 3.8) is 0 Å². The fraction of sp³-hybridized carbons (Fsp3) is 0.647. The Kier molecular flexibility index (Phi) is 13.0. The van der Waals surface area contributed by atoms with E-state index in [0.717, 1.165) is 17.1 Å². The molecule has 0 radical (unpaired) electrons. The molecule has 0 saturated carbocycles. The number of hydrogen-bond acceptors (Lipinski definition) is 9. The number of rotatable bonds is 17. The minimum Gasteiger partial charge on any atom is -0.481 e. The van der Waals surface area contributed by atoms with E-state index in [1.54, 1.807) is 0 Å². The summed E-state index contributed by atoms with van der Waals surface area (Å²) in [6, 6.07) is 0. The van der Waals surface area contributed by atoms with Gasteiger partial charge in [0.15, 0.2) is 6.73 Å². The molecule has 0 atom stereocenters. The lowest BCUT2D eigenvalue weighted by molar-refractivity contribution is -0.141. The fourth-order valence-corrected chi connectivity index (χ4v) is 1.88. The van der Waals surface area contributed by atoms with Crippen LogP contribution in [-0.4, -0.2) is 100 Å². The van der Waals surface area contributed by atoms with Crippen LogP contribution in [0.15, 0.2) is 12.2 Å². The van der Waals surface area contributed by atoms with Gasteiger partial charge in [-0.15, -0.1) is 0 Å². The lowest BCUT2D eigenvalue weighted by Crippen LogP contribution is -2.36. The van der Waals surface area contributed by atoms with Crippen LogP contribution in [-0.2, 0) is 38.1 Å². The van der Waals surface area contributed by atoms with Crippen LogP contribution in [0.4, 0.5) is 4.79 Å². The summed E-state index contributed by atoms with van der Waals surface area (Å²) in [4.78, 5) is 45.0. The van der Waals surface area contributed by atoms with Crippen LogP contribution in [0.5, 0.6) is 0 Å². The maximum atomic E-state index is 11.4. The van der Waals surface area contributed by atoms with E-state index in [0.29, 0.717) is 39.6 Å². The molecule has 0 saturated heterocycles. The predicted molar refractivity (Wildman–Crippen MR) is 95.9 cm³/mol. The number of carbonyl (C=O) groups excluding carboxylic acids is 3. The summed E-state index contributed by atoms with van der Waals surface area (Å²) in [5.74, 6) is -1.95. The summed E-state index contributed by atoms with van der Waals surface area (Å²) >= 11 is 0. The Morgan fingerprint density at radius 1 is 0.828 bits per heavy atom. The SMILES string of the molecule is O=C(O)CCOCCOCCOCCOCCNC(=O)OCN1C(=O)C=CC1=O. The molecule has 1 aliphatic heterocycles.